The molecule has 8 nitrogen and oxygen atoms in total. The second-order valence-electron chi connectivity index (χ2n) is 4.41. The number of carboxylic acids is 1. The number of rotatable bonds is 4. The van der Waals surface area contributed by atoms with E-state index in [2.05, 4.69) is 25.3 Å². The molecule has 106 valence electrons. The molecule has 0 radical (unpaired) electrons. The summed E-state index contributed by atoms with van der Waals surface area (Å²) >= 11 is 0. The highest BCUT2D eigenvalue weighted by molar-refractivity contribution is 5.92. The van der Waals surface area contributed by atoms with Gasteiger partial charge >= 0.3 is 5.97 Å². The lowest BCUT2D eigenvalue weighted by Gasteiger charge is -2.05. The molecule has 3 aromatic rings. The topological polar surface area (TPSA) is 107 Å². The van der Waals surface area contributed by atoms with Crippen LogP contribution in [0.25, 0.3) is 11.3 Å². The molecule has 0 saturated heterocycles. The number of benzene rings is 1. The predicted molar refractivity (Wildman–Crippen MR) is 70.6 cm³/mol. The molecule has 0 aliphatic carbocycles. The summed E-state index contributed by atoms with van der Waals surface area (Å²) in [4.78, 5) is 11.3. The lowest BCUT2D eigenvalue weighted by molar-refractivity contribution is 0.0691. The van der Waals surface area contributed by atoms with Gasteiger partial charge in [-0.05, 0) is 6.92 Å². The van der Waals surface area contributed by atoms with Crippen molar-refractivity contribution < 1.29 is 14.5 Å². The van der Waals surface area contributed by atoms with Gasteiger partial charge in [0.25, 0.3) is 0 Å². The Labute approximate surface area is 119 Å². The second kappa shape index (κ2) is 5.16. The van der Waals surface area contributed by atoms with Gasteiger partial charge in [0.15, 0.2) is 5.69 Å². The Bertz CT molecular complexity index is 778. The Hall–Kier alpha value is -3.03. The SMILES string of the molecule is Cc1nonc1Cn1nnc(C(=O)O)c1-c1ccccc1. The summed E-state index contributed by atoms with van der Waals surface area (Å²) in [7, 11) is 0. The molecule has 0 unspecified atom stereocenters. The normalized spacial score (nSPS) is 10.7. The average Bonchev–Trinajstić information content (AvgIpc) is 3.07. The third-order valence-electron chi connectivity index (χ3n) is 3.03. The van der Waals surface area contributed by atoms with Crippen molar-refractivity contribution in [1.29, 1.82) is 0 Å². The summed E-state index contributed by atoms with van der Waals surface area (Å²) in [5.74, 6) is -1.13. The zero-order valence-corrected chi connectivity index (χ0v) is 11.1. The van der Waals surface area contributed by atoms with Gasteiger partial charge < -0.3 is 5.11 Å². The molecule has 0 atom stereocenters. The molecule has 1 aromatic carbocycles. The minimum Gasteiger partial charge on any atom is -0.476 e. The quantitative estimate of drug-likeness (QED) is 0.771. The molecule has 2 heterocycles. The van der Waals surface area contributed by atoms with Gasteiger partial charge in [0.1, 0.15) is 17.1 Å². The fourth-order valence-corrected chi connectivity index (χ4v) is 1.98. The van der Waals surface area contributed by atoms with Gasteiger partial charge in [-0.25, -0.2) is 14.1 Å². The zero-order chi connectivity index (χ0) is 14.8. The molecule has 0 aliphatic rings. The third kappa shape index (κ3) is 2.38. The number of hydrogen-bond donors (Lipinski definition) is 1. The Balaban J connectivity index is 2.09. The summed E-state index contributed by atoms with van der Waals surface area (Å²) < 4.78 is 6.12. The molecule has 3 rings (SSSR count). The smallest absolute Gasteiger partial charge is 0.358 e. The molecule has 8 heteroatoms. The van der Waals surface area contributed by atoms with E-state index in [1.165, 1.54) is 4.68 Å². The van der Waals surface area contributed by atoms with Gasteiger partial charge in [-0.3, -0.25) is 0 Å². The highest BCUT2D eigenvalue weighted by Crippen LogP contribution is 2.23. The minimum absolute atomic E-state index is 0.102. The first-order valence-corrected chi connectivity index (χ1v) is 6.17. The molecule has 21 heavy (non-hydrogen) atoms. The lowest BCUT2D eigenvalue weighted by atomic mass is 10.1. The van der Waals surface area contributed by atoms with Crippen LogP contribution in [0.2, 0.25) is 0 Å². The maximum absolute atomic E-state index is 11.3. The van der Waals surface area contributed by atoms with Crippen molar-refractivity contribution in [1.82, 2.24) is 25.3 Å². The Kier molecular flexibility index (Phi) is 3.19. The standard InChI is InChI=1S/C13H11N5O3/c1-8-10(16-21-15-8)7-18-12(9-5-3-2-4-6-9)11(13(19)20)14-17-18/h2-6H,7H2,1H3,(H,19,20). The van der Waals surface area contributed by atoms with Crippen molar-refractivity contribution in [3.63, 3.8) is 0 Å². The molecule has 0 amide bonds. The zero-order valence-electron chi connectivity index (χ0n) is 11.1. The van der Waals surface area contributed by atoms with Crippen LogP contribution in [0.1, 0.15) is 21.9 Å². The number of hydrogen-bond acceptors (Lipinski definition) is 6. The number of carbonyl (C=O) groups is 1. The van der Waals surface area contributed by atoms with Crippen LogP contribution in [0, 0.1) is 6.92 Å². The summed E-state index contributed by atoms with van der Waals surface area (Å²) in [6.45, 7) is 1.99. The maximum atomic E-state index is 11.3. The largest absolute Gasteiger partial charge is 0.476 e. The van der Waals surface area contributed by atoms with E-state index in [1.54, 1.807) is 19.1 Å². The van der Waals surface area contributed by atoms with Crippen molar-refractivity contribution in [3.8, 4) is 11.3 Å². The summed E-state index contributed by atoms with van der Waals surface area (Å²) in [6, 6.07) is 9.09. The van der Waals surface area contributed by atoms with Crippen LogP contribution >= 0.6 is 0 Å². The molecular weight excluding hydrogens is 274 g/mol. The molecule has 2 aromatic heterocycles. The molecule has 0 fully saturated rings. The highest BCUT2D eigenvalue weighted by Gasteiger charge is 2.21. The summed E-state index contributed by atoms with van der Waals surface area (Å²) in [5.41, 5.74) is 2.24. The van der Waals surface area contributed by atoms with Crippen LogP contribution < -0.4 is 0 Å². The maximum Gasteiger partial charge on any atom is 0.358 e. The van der Waals surface area contributed by atoms with Gasteiger partial charge in [0.2, 0.25) is 0 Å². The molecule has 0 aliphatic heterocycles. The van der Waals surface area contributed by atoms with E-state index < -0.39 is 5.97 Å². The molecule has 1 N–H and O–H groups in total. The van der Waals surface area contributed by atoms with Gasteiger partial charge in [-0.15, -0.1) is 5.10 Å². The Morgan fingerprint density at radius 2 is 2.05 bits per heavy atom. The fraction of sp³-hybridized carbons (Fsp3) is 0.154. The predicted octanol–water partition coefficient (Wildman–Crippen LogP) is 1.38. The van der Waals surface area contributed by atoms with E-state index in [4.69, 9.17) is 0 Å². The van der Waals surface area contributed by atoms with Crippen molar-refractivity contribution in [2.24, 2.45) is 0 Å². The first kappa shape index (κ1) is 13.0. The third-order valence-corrected chi connectivity index (χ3v) is 3.03. The van der Waals surface area contributed by atoms with Crippen LogP contribution in [0.3, 0.4) is 0 Å². The van der Waals surface area contributed by atoms with E-state index in [0.717, 1.165) is 0 Å². The Morgan fingerprint density at radius 3 is 2.67 bits per heavy atom. The average molecular weight is 285 g/mol. The van der Waals surface area contributed by atoms with Crippen molar-refractivity contribution in [3.05, 3.63) is 47.4 Å². The number of nitrogens with zero attached hydrogens (tertiary/aromatic N) is 5. The highest BCUT2D eigenvalue weighted by atomic mass is 16.6. The van der Waals surface area contributed by atoms with Crippen LogP contribution in [0.15, 0.2) is 35.0 Å². The van der Waals surface area contributed by atoms with Gasteiger partial charge in [-0.2, -0.15) is 0 Å². The first-order chi connectivity index (χ1) is 10.2. The van der Waals surface area contributed by atoms with Crippen molar-refractivity contribution in [2.75, 3.05) is 0 Å². The first-order valence-electron chi connectivity index (χ1n) is 6.17. The van der Waals surface area contributed by atoms with E-state index in [9.17, 15) is 9.90 Å². The number of aromatic nitrogens is 5. The number of aromatic carboxylic acids is 1. The summed E-state index contributed by atoms with van der Waals surface area (Å²) in [5, 5.41) is 24.4. The summed E-state index contributed by atoms with van der Waals surface area (Å²) in [6.07, 6.45) is 0. The van der Waals surface area contributed by atoms with Crippen molar-refractivity contribution in [2.45, 2.75) is 13.5 Å². The van der Waals surface area contributed by atoms with Gasteiger partial charge in [-0.1, -0.05) is 45.9 Å². The number of carboxylic acid groups (broad SMARTS) is 1. The molecule has 0 bridgehead atoms. The fourth-order valence-electron chi connectivity index (χ4n) is 1.98. The monoisotopic (exact) mass is 285 g/mol. The van der Waals surface area contributed by atoms with Crippen LogP contribution in [-0.4, -0.2) is 36.4 Å². The van der Waals surface area contributed by atoms with E-state index >= 15 is 0 Å². The van der Waals surface area contributed by atoms with Crippen LogP contribution in [0.5, 0.6) is 0 Å². The second-order valence-corrected chi connectivity index (χ2v) is 4.41. The molecule has 0 spiro atoms. The van der Waals surface area contributed by atoms with E-state index in [-0.39, 0.29) is 12.2 Å². The Morgan fingerprint density at radius 1 is 1.29 bits per heavy atom. The van der Waals surface area contributed by atoms with Crippen LogP contribution in [-0.2, 0) is 6.54 Å². The van der Waals surface area contributed by atoms with Crippen LogP contribution in [0.4, 0.5) is 0 Å². The van der Waals surface area contributed by atoms with Gasteiger partial charge in [0, 0.05) is 5.56 Å². The van der Waals surface area contributed by atoms with E-state index in [0.29, 0.717) is 22.6 Å². The van der Waals surface area contributed by atoms with Gasteiger partial charge in [0.05, 0.1) is 6.54 Å². The lowest BCUT2D eigenvalue weighted by Crippen LogP contribution is -2.07. The molecular formula is C13H11N5O3. The minimum atomic E-state index is -1.13. The number of aryl methyl sites for hydroxylation is 1. The molecule has 0 saturated carbocycles. The van der Waals surface area contributed by atoms with E-state index in [1.807, 2.05) is 18.2 Å². The van der Waals surface area contributed by atoms with Crippen molar-refractivity contribution >= 4 is 5.97 Å².